The molecule has 0 aromatic carbocycles. The molecule has 17 heavy (non-hydrogen) atoms. The molecule has 0 aliphatic heterocycles. The van der Waals surface area contributed by atoms with Crippen molar-refractivity contribution in [3.05, 3.63) is 29.2 Å². The third kappa shape index (κ3) is 2.44. The van der Waals surface area contributed by atoms with Crippen molar-refractivity contribution in [2.75, 3.05) is 0 Å². The molecule has 0 radical (unpaired) electrons. The van der Waals surface area contributed by atoms with E-state index in [-0.39, 0.29) is 5.56 Å². The number of pyridine rings is 1. The number of carboxylic acids is 1. The van der Waals surface area contributed by atoms with Gasteiger partial charge in [0.05, 0.1) is 5.56 Å². The SMILES string of the molecule is Cc1nc(Sc2nccc(C)c2C(=O)O)n[nH]1. The van der Waals surface area contributed by atoms with Crippen molar-refractivity contribution in [1.29, 1.82) is 0 Å². The summed E-state index contributed by atoms with van der Waals surface area (Å²) in [5.41, 5.74) is 0.863. The van der Waals surface area contributed by atoms with Gasteiger partial charge in [-0.3, -0.25) is 5.10 Å². The highest BCUT2D eigenvalue weighted by molar-refractivity contribution is 7.99. The largest absolute Gasteiger partial charge is 0.478 e. The van der Waals surface area contributed by atoms with Crippen LogP contribution in [0, 0.1) is 13.8 Å². The summed E-state index contributed by atoms with van der Waals surface area (Å²) in [6.07, 6.45) is 1.57. The third-order valence-electron chi connectivity index (χ3n) is 2.10. The number of rotatable bonds is 3. The van der Waals surface area contributed by atoms with Gasteiger partial charge in [0.25, 0.3) is 0 Å². The smallest absolute Gasteiger partial charge is 0.338 e. The van der Waals surface area contributed by atoms with Gasteiger partial charge >= 0.3 is 5.97 Å². The maximum atomic E-state index is 11.1. The second-order valence-electron chi connectivity index (χ2n) is 3.42. The maximum Gasteiger partial charge on any atom is 0.338 e. The molecule has 2 N–H and O–H groups in total. The Kier molecular flexibility index (Phi) is 3.10. The van der Waals surface area contributed by atoms with Crippen LogP contribution >= 0.6 is 11.8 Å². The van der Waals surface area contributed by atoms with Gasteiger partial charge < -0.3 is 5.11 Å². The van der Waals surface area contributed by atoms with Crippen LogP contribution < -0.4 is 0 Å². The van der Waals surface area contributed by atoms with Crippen molar-refractivity contribution in [3.63, 3.8) is 0 Å². The van der Waals surface area contributed by atoms with E-state index in [2.05, 4.69) is 20.2 Å². The van der Waals surface area contributed by atoms with Crippen molar-refractivity contribution < 1.29 is 9.90 Å². The van der Waals surface area contributed by atoms with E-state index in [1.807, 2.05) is 0 Å². The first-order chi connectivity index (χ1) is 8.08. The van der Waals surface area contributed by atoms with Gasteiger partial charge in [0.15, 0.2) is 0 Å². The number of aromatic nitrogens is 4. The molecular formula is C10H10N4O2S. The van der Waals surface area contributed by atoms with Crippen LogP contribution in [-0.4, -0.2) is 31.2 Å². The molecule has 2 aromatic heterocycles. The summed E-state index contributed by atoms with van der Waals surface area (Å²) >= 11 is 1.13. The standard InChI is InChI=1S/C10H10N4O2S/c1-5-3-4-11-8(7(5)9(15)16)17-10-12-6(2)13-14-10/h3-4H,1-2H3,(H,15,16)(H,12,13,14). The third-order valence-corrected chi connectivity index (χ3v) is 2.97. The average Bonchev–Trinajstić information content (AvgIpc) is 2.63. The van der Waals surface area contributed by atoms with E-state index >= 15 is 0 Å². The number of hydrogen-bond donors (Lipinski definition) is 2. The molecule has 88 valence electrons. The number of aromatic amines is 1. The van der Waals surface area contributed by atoms with E-state index in [9.17, 15) is 4.79 Å². The zero-order chi connectivity index (χ0) is 12.4. The summed E-state index contributed by atoms with van der Waals surface area (Å²) in [6.45, 7) is 3.51. The Bertz CT molecular complexity index is 567. The maximum absolute atomic E-state index is 11.1. The summed E-state index contributed by atoms with van der Waals surface area (Å²) in [5.74, 6) is -0.317. The number of nitrogens with zero attached hydrogens (tertiary/aromatic N) is 3. The second kappa shape index (κ2) is 4.54. The molecule has 7 heteroatoms. The molecule has 0 aliphatic rings. The van der Waals surface area contributed by atoms with E-state index in [0.29, 0.717) is 21.6 Å². The van der Waals surface area contributed by atoms with Crippen molar-refractivity contribution in [3.8, 4) is 0 Å². The fourth-order valence-corrected chi connectivity index (χ4v) is 2.24. The summed E-state index contributed by atoms with van der Waals surface area (Å²) < 4.78 is 0. The van der Waals surface area contributed by atoms with E-state index in [4.69, 9.17) is 5.11 Å². The minimum Gasteiger partial charge on any atom is -0.478 e. The molecule has 0 saturated heterocycles. The molecule has 2 rings (SSSR count). The van der Waals surface area contributed by atoms with Crippen molar-refractivity contribution in [2.24, 2.45) is 0 Å². The summed E-state index contributed by atoms with van der Waals surface area (Å²) in [7, 11) is 0. The van der Waals surface area contributed by atoms with Crippen LogP contribution in [0.15, 0.2) is 22.4 Å². The lowest BCUT2D eigenvalue weighted by molar-refractivity contribution is 0.0691. The quantitative estimate of drug-likeness (QED) is 0.860. The Balaban J connectivity index is 2.39. The van der Waals surface area contributed by atoms with Crippen molar-refractivity contribution in [2.45, 2.75) is 24.0 Å². The molecular weight excluding hydrogens is 240 g/mol. The van der Waals surface area contributed by atoms with E-state index in [1.165, 1.54) is 0 Å². The molecule has 0 bridgehead atoms. The molecule has 0 fully saturated rings. The minimum absolute atomic E-state index is 0.194. The fraction of sp³-hybridized carbons (Fsp3) is 0.200. The highest BCUT2D eigenvalue weighted by Crippen LogP contribution is 2.27. The fourth-order valence-electron chi connectivity index (χ4n) is 1.33. The van der Waals surface area contributed by atoms with Crippen molar-refractivity contribution in [1.82, 2.24) is 20.2 Å². The Hall–Kier alpha value is -1.89. The van der Waals surface area contributed by atoms with Crippen LogP contribution in [0.25, 0.3) is 0 Å². The highest BCUT2D eigenvalue weighted by Gasteiger charge is 2.16. The average molecular weight is 250 g/mol. The topological polar surface area (TPSA) is 91.8 Å². The molecule has 2 heterocycles. The first kappa shape index (κ1) is 11.6. The highest BCUT2D eigenvalue weighted by atomic mass is 32.2. The molecule has 0 unspecified atom stereocenters. The first-order valence-electron chi connectivity index (χ1n) is 4.83. The lowest BCUT2D eigenvalue weighted by atomic mass is 10.2. The molecule has 0 aliphatic carbocycles. The van der Waals surface area contributed by atoms with Crippen LogP contribution in [-0.2, 0) is 0 Å². The van der Waals surface area contributed by atoms with E-state index in [1.54, 1.807) is 26.1 Å². The van der Waals surface area contributed by atoms with Gasteiger partial charge in [0.2, 0.25) is 5.16 Å². The summed E-state index contributed by atoms with van der Waals surface area (Å²) in [4.78, 5) is 19.3. The molecule has 0 amide bonds. The molecule has 6 nitrogen and oxygen atoms in total. The Morgan fingerprint density at radius 3 is 2.82 bits per heavy atom. The van der Waals surface area contributed by atoms with Gasteiger partial charge in [-0.1, -0.05) is 0 Å². The molecule has 0 atom stereocenters. The number of carbonyl (C=O) groups is 1. The van der Waals surface area contributed by atoms with Gasteiger partial charge in [0, 0.05) is 6.20 Å². The van der Waals surface area contributed by atoms with E-state index in [0.717, 1.165) is 11.8 Å². The zero-order valence-electron chi connectivity index (χ0n) is 9.26. The van der Waals surface area contributed by atoms with Gasteiger partial charge in [-0.2, -0.15) is 0 Å². The predicted octanol–water partition coefficient (Wildman–Crippen LogP) is 1.67. The lowest BCUT2D eigenvalue weighted by Gasteiger charge is -2.04. The number of H-pyrrole nitrogens is 1. The number of aryl methyl sites for hydroxylation is 2. The molecule has 2 aromatic rings. The summed E-state index contributed by atoms with van der Waals surface area (Å²) in [6, 6.07) is 1.66. The van der Waals surface area contributed by atoms with E-state index < -0.39 is 5.97 Å². The van der Waals surface area contributed by atoms with Gasteiger partial charge in [-0.05, 0) is 37.2 Å². The minimum atomic E-state index is -0.995. The van der Waals surface area contributed by atoms with Crippen LogP contribution in [0.1, 0.15) is 21.7 Å². The Morgan fingerprint density at radius 1 is 1.47 bits per heavy atom. The second-order valence-corrected chi connectivity index (χ2v) is 4.37. The first-order valence-corrected chi connectivity index (χ1v) is 5.65. The Labute approximate surface area is 101 Å². The monoisotopic (exact) mass is 250 g/mol. The van der Waals surface area contributed by atoms with Gasteiger partial charge in [0.1, 0.15) is 10.9 Å². The van der Waals surface area contributed by atoms with Gasteiger partial charge in [-0.15, -0.1) is 5.10 Å². The lowest BCUT2D eigenvalue weighted by Crippen LogP contribution is -2.03. The normalized spacial score (nSPS) is 10.5. The number of nitrogens with one attached hydrogen (secondary N) is 1. The Morgan fingerprint density at radius 2 is 2.24 bits per heavy atom. The number of hydrogen-bond acceptors (Lipinski definition) is 5. The number of carboxylic acid groups (broad SMARTS) is 1. The molecule has 0 saturated carbocycles. The van der Waals surface area contributed by atoms with Crippen LogP contribution in [0.3, 0.4) is 0 Å². The van der Waals surface area contributed by atoms with Crippen LogP contribution in [0.4, 0.5) is 0 Å². The van der Waals surface area contributed by atoms with Crippen LogP contribution in [0.2, 0.25) is 0 Å². The van der Waals surface area contributed by atoms with Crippen molar-refractivity contribution >= 4 is 17.7 Å². The zero-order valence-corrected chi connectivity index (χ0v) is 10.1. The van der Waals surface area contributed by atoms with Crippen LogP contribution in [0.5, 0.6) is 0 Å². The predicted molar refractivity (Wildman–Crippen MR) is 61.2 cm³/mol. The van der Waals surface area contributed by atoms with Gasteiger partial charge in [-0.25, -0.2) is 14.8 Å². The summed E-state index contributed by atoms with van der Waals surface area (Å²) in [5, 5.41) is 16.6. The molecule has 0 spiro atoms. The number of aromatic carboxylic acids is 1.